The highest BCUT2D eigenvalue weighted by Gasteiger charge is 2.19. The fraction of sp³-hybridized carbons (Fsp3) is 0.647. The minimum absolute atomic E-state index is 0.285. The molecule has 0 aliphatic rings. The van der Waals surface area contributed by atoms with Crippen molar-refractivity contribution >= 4 is 7.82 Å². The summed E-state index contributed by atoms with van der Waals surface area (Å²) >= 11 is 0. The number of rotatable bonds is 28. The lowest BCUT2D eigenvalue weighted by atomic mass is 10.1. The Kier molecular flexibility index (Phi) is 21.3. The van der Waals surface area contributed by atoms with Crippen molar-refractivity contribution < 1.29 is 28.0 Å². The third kappa shape index (κ3) is 21.5. The number of benzene rings is 2. The maximum Gasteiger partial charge on any atom is 0.472 e. The van der Waals surface area contributed by atoms with Gasteiger partial charge in [-0.25, -0.2) is 4.57 Å². The molecule has 7 heteroatoms. The van der Waals surface area contributed by atoms with Gasteiger partial charge in [-0.1, -0.05) is 126 Å². The Morgan fingerprint density at radius 1 is 0.415 bits per heavy atom. The minimum atomic E-state index is -3.91. The van der Waals surface area contributed by atoms with E-state index >= 15 is 0 Å². The van der Waals surface area contributed by atoms with Crippen molar-refractivity contribution in [1.82, 2.24) is 0 Å². The van der Waals surface area contributed by atoms with Crippen LogP contribution in [-0.4, -0.2) is 31.3 Å². The molecule has 1 N–H and O–H groups in total. The van der Waals surface area contributed by atoms with Crippen LogP contribution in [0, 0.1) is 0 Å². The number of hydrogen-bond donors (Lipinski definition) is 1. The molecule has 2 rings (SSSR count). The van der Waals surface area contributed by atoms with Gasteiger partial charge in [0.1, 0.15) is 11.5 Å². The largest absolute Gasteiger partial charge is 0.494 e. The molecule has 41 heavy (non-hydrogen) atoms. The normalized spacial score (nSPS) is 11.5. The Labute approximate surface area is 249 Å². The maximum absolute atomic E-state index is 12.0. The average Bonchev–Trinajstić information content (AvgIpc) is 2.99. The van der Waals surface area contributed by atoms with E-state index in [0.29, 0.717) is 0 Å². The van der Waals surface area contributed by atoms with Crippen LogP contribution in [-0.2, 0) is 13.6 Å². The molecule has 6 nitrogen and oxygen atoms in total. The zero-order valence-electron chi connectivity index (χ0n) is 25.3. The molecule has 0 radical (unpaired) electrons. The molecule has 0 aliphatic heterocycles. The average molecular weight is 591 g/mol. The zero-order chi connectivity index (χ0) is 29.1. The van der Waals surface area contributed by atoms with Crippen LogP contribution < -0.4 is 9.47 Å². The molecular weight excluding hydrogens is 535 g/mol. The summed E-state index contributed by atoms with van der Waals surface area (Å²) < 4.78 is 33.7. The summed E-state index contributed by atoms with van der Waals surface area (Å²) in [5, 5.41) is 0. The van der Waals surface area contributed by atoms with E-state index in [2.05, 4.69) is 0 Å². The molecule has 0 amide bonds. The van der Waals surface area contributed by atoms with Crippen LogP contribution in [0.5, 0.6) is 11.5 Å². The Morgan fingerprint density at radius 3 is 1.00 bits per heavy atom. The molecule has 0 heterocycles. The molecule has 0 bridgehead atoms. The van der Waals surface area contributed by atoms with Crippen molar-refractivity contribution in [1.29, 1.82) is 0 Å². The van der Waals surface area contributed by atoms with Crippen molar-refractivity contribution in [2.24, 2.45) is 0 Å². The SMILES string of the molecule is O=P(O)(OCCCCCCCCCCCOc1ccccc1)OCCCCCCCCCCCOc1ccccc1. The zero-order valence-corrected chi connectivity index (χ0v) is 26.2. The number of ether oxygens (including phenoxy) is 2. The maximum atomic E-state index is 12.0. The van der Waals surface area contributed by atoms with Crippen molar-refractivity contribution in [2.45, 2.75) is 116 Å². The summed E-state index contributed by atoms with van der Waals surface area (Å²) in [6, 6.07) is 20.0. The molecule has 0 saturated carbocycles. The Morgan fingerprint density at radius 2 is 0.683 bits per heavy atom. The van der Waals surface area contributed by atoms with Gasteiger partial charge in [-0.15, -0.1) is 0 Å². The van der Waals surface area contributed by atoms with Gasteiger partial charge in [-0.2, -0.15) is 0 Å². The van der Waals surface area contributed by atoms with Crippen molar-refractivity contribution in [3.63, 3.8) is 0 Å². The summed E-state index contributed by atoms with van der Waals surface area (Å²) in [7, 11) is -3.91. The monoisotopic (exact) mass is 590 g/mol. The second kappa shape index (κ2) is 24.7. The van der Waals surface area contributed by atoms with Crippen molar-refractivity contribution in [2.75, 3.05) is 26.4 Å². The first-order chi connectivity index (χ1) is 20.2. The van der Waals surface area contributed by atoms with Gasteiger partial charge >= 0.3 is 7.82 Å². The summed E-state index contributed by atoms with van der Waals surface area (Å²) in [6.45, 7) is 2.15. The second-order valence-electron chi connectivity index (χ2n) is 10.8. The molecular formula is C34H55O6P. The number of para-hydroxylation sites is 2. The topological polar surface area (TPSA) is 74.2 Å². The van der Waals surface area contributed by atoms with Gasteiger partial charge in [0.15, 0.2) is 0 Å². The predicted molar refractivity (Wildman–Crippen MR) is 169 cm³/mol. The second-order valence-corrected chi connectivity index (χ2v) is 12.3. The van der Waals surface area contributed by atoms with Gasteiger partial charge in [-0.3, -0.25) is 9.05 Å². The van der Waals surface area contributed by atoms with E-state index in [1.807, 2.05) is 60.7 Å². The molecule has 232 valence electrons. The Hall–Kier alpha value is -1.85. The smallest absolute Gasteiger partial charge is 0.472 e. The highest BCUT2D eigenvalue weighted by molar-refractivity contribution is 7.47. The van der Waals surface area contributed by atoms with Crippen LogP contribution in [0.2, 0.25) is 0 Å². The number of hydrogen-bond acceptors (Lipinski definition) is 5. The third-order valence-corrected chi connectivity index (χ3v) is 8.13. The van der Waals surface area contributed by atoms with Crippen LogP contribution in [0.3, 0.4) is 0 Å². The van der Waals surface area contributed by atoms with Crippen LogP contribution in [0.25, 0.3) is 0 Å². The van der Waals surface area contributed by atoms with Crippen molar-refractivity contribution in [3.05, 3.63) is 60.7 Å². The van der Waals surface area contributed by atoms with E-state index < -0.39 is 7.82 Å². The van der Waals surface area contributed by atoms with Gasteiger partial charge in [0.2, 0.25) is 0 Å². The predicted octanol–water partition coefficient (Wildman–Crippen LogP) is 10.3. The number of unbranched alkanes of at least 4 members (excludes halogenated alkanes) is 16. The molecule has 0 unspecified atom stereocenters. The van der Waals surface area contributed by atoms with Crippen LogP contribution >= 0.6 is 7.82 Å². The van der Waals surface area contributed by atoms with Crippen LogP contribution in [0.4, 0.5) is 0 Å². The first-order valence-electron chi connectivity index (χ1n) is 16.1. The molecule has 0 aliphatic carbocycles. The third-order valence-electron chi connectivity index (χ3n) is 7.11. The molecule has 0 atom stereocenters. The van der Waals surface area contributed by atoms with Gasteiger partial charge in [0, 0.05) is 0 Å². The van der Waals surface area contributed by atoms with Gasteiger partial charge < -0.3 is 14.4 Å². The lowest BCUT2D eigenvalue weighted by molar-refractivity contribution is 0.145. The van der Waals surface area contributed by atoms with Crippen molar-refractivity contribution in [3.8, 4) is 11.5 Å². The first kappa shape index (κ1) is 35.3. The summed E-state index contributed by atoms with van der Waals surface area (Å²) in [5.74, 6) is 1.90. The van der Waals surface area contributed by atoms with E-state index in [4.69, 9.17) is 18.5 Å². The number of phosphoric acid groups is 1. The fourth-order valence-corrected chi connectivity index (χ4v) is 5.49. The number of phosphoric ester groups is 1. The quantitative estimate of drug-likeness (QED) is 0.0785. The Bertz CT molecular complexity index is 810. The molecule has 2 aromatic rings. The summed E-state index contributed by atoms with van der Waals surface area (Å²) in [6.07, 6.45) is 20.4. The highest BCUT2D eigenvalue weighted by Crippen LogP contribution is 2.43. The van der Waals surface area contributed by atoms with E-state index in [0.717, 1.165) is 76.1 Å². The van der Waals surface area contributed by atoms with Gasteiger partial charge in [0.05, 0.1) is 26.4 Å². The van der Waals surface area contributed by atoms with E-state index in [9.17, 15) is 9.46 Å². The molecule has 0 aromatic heterocycles. The lowest BCUT2D eigenvalue weighted by Gasteiger charge is -2.12. The van der Waals surface area contributed by atoms with Crippen LogP contribution in [0.15, 0.2) is 60.7 Å². The molecule has 2 aromatic carbocycles. The minimum Gasteiger partial charge on any atom is -0.494 e. The molecule has 0 spiro atoms. The van der Waals surface area contributed by atoms with Gasteiger partial charge in [0.25, 0.3) is 0 Å². The standard InChI is InChI=1S/C34H55O6P/c35-41(36,39-31-23-13-9-5-1-3-7-11-21-29-37-33-25-17-15-18-26-33)40-32-24-14-10-6-2-4-8-12-22-30-38-34-27-19-16-20-28-34/h15-20,25-28H,1-14,21-24,29-32H2,(H,35,36). The molecule has 0 saturated heterocycles. The fourth-order valence-electron chi connectivity index (χ4n) is 4.69. The van der Waals surface area contributed by atoms with E-state index in [-0.39, 0.29) is 13.2 Å². The van der Waals surface area contributed by atoms with Crippen LogP contribution in [0.1, 0.15) is 116 Å². The Balaban J connectivity index is 1.25. The highest BCUT2D eigenvalue weighted by atomic mass is 31.2. The molecule has 0 fully saturated rings. The van der Waals surface area contributed by atoms with E-state index in [1.54, 1.807) is 0 Å². The van der Waals surface area contributed by atoms with Gasteiger partial charge in [-0.05, 0) is 49.9 Å². The first-order valence-corrected chi connectivity index (χ1v) is 17.6. The summed E-state index contributed by atoms with van der Waals surface area (Å²) in [5.41, 5.74) is 0. The summed E-state index contributed by atoms with van der Waals surface area (Å²) in [4.78, 5) is 9.86. The van der Waals surface area contributed by atoms with E-state index in [1.165, 1.54) is 64.2 Å². The lowest BCUT2D eigenvalue weighted by Crippen LogP contribution is -1.99.